The van der Waals surface area contributed by atoms with Crippen molar-refractivity contribution in [3.8, 4) is 0 Å². The van der Waals surface area contributed by atoms with Crippen molar-refractivity contribution in [2.24, 2.45) is 5.92 Å². The highest BCUT2D eigenvalue weighted by Gasteiger charge is 2.35. The highest BCUT2D eigenvalue weighted by Crippen LogP contribution is 2.30. The quantitative estimate of drug-likeness (QED) is 0.911. The van der Waals surface area contributed by atoms with Gasteiger partial charge in [-0.2, -0.15) is 0 Å². The first-order chi connectivity index (χ1) is 7.97. The lowest BCUT2D eigenvalue weighted by atomic mass is 10.1. The highest BCUT2D eigenvalue weighted by molar-refractivity contribution is 9.10. The number of rotatable bonds is 2. The number of carbonyl (C=O) groups is 2. The zero-order valence-electron chi connectivity index (χ0n) is 8.69. The summed E-state index contributed by atoms with van der Waals surface area (Å²) in [6, 6.07) is 5.10. The first kappa shape index (κ1) is 12.4. The highest BCUT2D eigenvalue weighted by atomic mass is 79.9. The van der Waals surface area contributed by atoms with Gasteiger partial charge in [0.2, 0.25) is 5.91 Å². The van der Waals surface area contributed by atoms with Gasteiger partial charge in [0, 0.05) is 28.1 Å². The smallest absolute Gasteiger partial charge is 0.308 e. The van der Waals surface area contributed by atoms with Crippen LogP contribution in [0.1, 0.15) is 6.42 Å². The van der Waals surface area contributed by atoms with E-state index < -0.39 is 11.9 Å². The minimum absolute atomic E-state index is 0.0411. The van der Waals surface area contributed by atoms with Crippen LogP contribution in [0.25, 0.3) is 0 Å². The van der Waals surface area contributed by atoms with E-state index in [9.17, 15) is 9.59 Å². The lowest BCUT2D eigenvalue weighted by Crippen LogP contribution is -2.25. The minimum Gasteiger partial charge on any atom is -0.481 e. The summed E-state index contributed by atoms with van der Waals surface area (Å²) in [6.07, 6.45) is 0.0411. The Hall–Kier alpha value is -1.07. The van der Waals surface area contributed by atoms with E-state index in [1.807, 2.05) is 0 Å². The van der Waals surface area contributed by atoms with E-state index in [0.29, 0.717) is 10.7 Å². The van der Waals surface area contributed by atoms with Crippen molar-refractivity contribution in [1.29, 1.82) is 0 Å². The van der Waals surface area contributed by atoms with Crippen molar-refractivity contribution in [2.45, 2.75) is 6.42 Å². The van der Waals surface area contributed by atoms with E-state index in [1.54, 1.807) is 18.2 Å². The molecule has 1 N–H and O–H groups in total. The molecule has 4 nitrogen and oxygen atoms in total. The van der Waals surface area contributed by atoms with Crippen LogP contribution < -0.4 is 4.90 Å². The van der Waals surface area contributed by atoms with Crippen molar-refractivity contribution >= 4 is 45.1 Å². The third-order valence-electron chi connectivity index (χ3n) is 2.63. The Kier molecular flexibility index (Phi) is 3.40. The molecule has 1 unspecified atom stereocenters. The maximum absolute atomic E-state index is 11.7. The van der Waals surface area contributed by atoms with Crippen LogP contribution in [0.5, 0.6) is 0 Å². The SMILES string of the molecule is O=C(O)C1CC(=O)N(c2cc(Cl)cc(Br)c2)C1. The van der Waals surface area contributed by atoms with Gasteiger partial charge in [-0.1, -0.05) is 27.5 Å². The van der Waals surface area contributed by atoms with Crippen LogP contribution in [0.3, 0.4) is 0 Å². The summed E-state index contributed by atoms with van der Waals surface area (Å²) < 4.78 is 0.756. The van der Waals surface area contributed by atoms with Crippen molar-refractivity contribution < 1.29 is 14.7 Å². The number of aliphatic carboxylic acids is 1. The fourth-order valence-electron chi connectivity index (χ4n) is 1.82. The molecule has 1 fully saturated rings. The van der Waals surface area contributed by atoms with Gasteiger partial charge in [0.05, 0.1) is 5.92 Å². The van der Waals surface area contributed by atoms with E-state index in [1.165, 1.54) is 4.90 Å². The molecule has 0 radical (unpaired) electrons. The van der Waals surface area contributed by atoms with Gasteiger partial charge in [0.15, 0.2) is 0 Å². The summed E-state index contributed by atoms with van der Waals surface area (Å²) >= 11 is 9.18. The van der Waals surface area contributed by atoms with Crippen LogP contribution in [0.2, 0.25) is 5.02 Å². The molecule has 17 heavy (non-hydrogen) atoms. The summed E-state index contributed by atoms with van der Waals surface area (Å²) in [6.45, 7) is 0.195. The third kappa shape index (κ3) is 2.61. The molecule has 1 atom stereocenters. The van der Waals surface area contributed by atoms with E-state index in [2.05, 4.69) is 15.9 Å². The van der Waals surface area contributed by atoms with Crippen molar-refractivity contribution in [3.63, 3.8) is 0 Å². The number of carboxylic acid groups (broad SMARTS) is 1. The van der Waals surface area contributed by atoms with Gasteiger partial charge in [-0.15, -0.1) is 0 Å². The van der Waals surface area contributed by atoms with Gasteiger partial charge in [-0.05, 0) is 18.2 Å². The lowest BCUT2D eigenvalue weighted by molar-refractivity contribution is -0.141. The summed E-state index contributed by atoms with van der Waals surface area (Å²) in [4.78, 5) is 24.0. The third-order valence-corrected chi connectivity index (χ3v) is 3.31. The largest absolute Gasteiger partial charge is 0.481 e. The molecule has 0 spiro atoms. The van der Waals surface area contributed by atoms with Crippen LogP contribution in [0.15, 0.2) is 22.7 Å². The second-order valence-corrected chi connectivity index (χ2v) is 5.22. The van der Waals surface area contributed by atoms with E-state index >= 15 is 0 Å². The molecule has 1 heterocycles. The monoisotopic (exact) mass is 317 g/mol. The Labute approximate surface area is 111 Å². The Bertz CT molecular complexity index is 471. The molecule has 0 aliphatic carbocycles. The van der Waals surface area contributed by atoms with E-state index in [-0.39, 0.29) is 18.9 Å². The number of carbonyl (C=O) groups excluding carboxylic acids is 1. The molecule has 0 saturated carbocycles. The van der Waals surface area contributed by atoms with Crippen molar-refractivity contribution in [2.75, 3.05) is 11.4 Å². The fraction of sp³-hybridized carbons (Fsp3) is 0.273. The topological polar surface area (TPSA) is 57.6 Å². The average molecular weight is 319 g/mol. The number of amides is 1. The number of halogens is 2. The first-order valence-corrected chi connectivity index (χ1v) is 6.13. The van der Waals surface area contributed by atoms with Gasteiger partial charge >= 0.3 is 5.97 Å². The number of carboxylic acids is 1. The second-order valence-electron chi connectivity index (χ2n) is 3.87. The Morgan fingerprint density at radius 1 is 1.47 bits per heavy atom. The number of nitrogens with zero attached hydrogens (tertiary/aromatic N) is 1. The molecule has 1 aromatic rings. The number of anilines is 1. The molecular weight excluding hydrogens is 309 g/mol. The van der Waals surface area contributed by atoms with Gasteiger partial charge in [-0.25, -0.2) is 0 Å². The maximum atomic E-state index is 11.7. The van der Waals surface area contributed by atoms with Crippen LogP contribution in [-0.2, 0) is 9.59 Å². The molecule has 2 rings (SSSR count). The molecule has 1 aliphatic rings. The number of hydrogen-bond donors (Lipinski definition) is 1. The van der Waals surface area contributed by atoms with Crippen molar-refractivity contribution in [1.82, 2.24) is 0 Å². The summed E-state index contributed by atoms with van der Waals surface area (Å²) in [7, 11) is 0. The van der Waals surface area contributed by atoms with Gasteiger partial charge in [-0.3, -0.25) is 9.59 Å². The molecule has 1 aliphatic heterocycles. The summed E-state index contributed by atoms with van der Waals surface area (Å²) in [5.41, 5.74) is 0.623. The second kappa shape index (κ2) is 4.66. The van der Waals surface area contributed by atoms with Crippen LogP contribution in [0, 0.1) is 5.92 Å². The van der Waals surface area contributed by atoms with Gasteiger partial charge < -0.3 is 10.0 Å². The molecule has 6 heteroatoms. The zero-order valence-corrected chi connectivity index (χ0v) is 11.0. The predicted molar refractivity (Wildman–Crippen MR) is 67.2 cm³/mol. The van der Waals surface area contributed by atoms with Crippen molar-refractivity contribution in [3.05, 3.63) is 27.7 Å². The number of benzene rings is 1. The molecule has 0 aromatic heterocycles. The van der Waals surface area contributed by atoms with E-state index in [0.717, 1.165) is 4.47 Å². The average Bonchev–Trinajstić information content (AvgIpc) is 2.59. The molecule has 1 saturated heterocycles. The normalized spacial score (nSPS) is 19.8. The molecule has 0 bridgehead atoms. The summed E-state index contributed by atoms with van der Waals surface area (Å²) in [5, 5.41) is 9.39. The Balaban J connectivity index is 2.28. The Morgan fingerprint density at radius 2 is 2.18 bits per heavy atom. The van der Waals surface area contributed by atoms with Gasteiger partial charge in [0.1, 0.15) is 0 Å². The molecule has 1 aromatic carbocycles. The maximum Gasteiger partial charge on any atom is 0.308 e. The standard InChI is InChI=1S/C11H9BrClNO3/c12-7-2-8(13)4-9(3-7)14-5-6(11(16)17)1-10(14)15/h2-4,6H,1,5H2,(H,16,17). The molecule has 1 amide bonds. The summed E-state index contributed by atoms with van der Waals surface area (Å²) in [5.74, 6) is -1.77. The van der Waals surface area contributed by atoms with Crippen LogP contribution in [0.4, 0.5) is 5.69 Å². The van der Waals surface area contributed by atoms with Gasteiger partial charge in [0.25, 0.3) is 0 Å². The Morgan fingerprint density at radius 3 is 2.71 bits per heavy atom. The number of hydrogen-bond acceptors (Lipinski definition) is 2. The van der Waals surface area contributed by atoms with E-state index in [4.69, 9.17) is 16.7 Å². The minimum atomic E-state index is -0.943. The van der Waals surface area contributed by atoms with Crippen LogP contribution in [-0.4, -0.2) is 23.5 Å². The predicted octanol–water partition coefficient (Wildman–Crippen LogP) is 2.54. The lowest BCUT2D eigenvalue weighted by Gasteiger charge is -2.16. The first-order valence-electron chi connectivity index (χ1n) is 4.96. The zero-order chi connectivity index (χ0) is 12.6. The molecular formula is C11H9BrClNO3. The molecule has 90 valence electrons. The fourth-order valence-corrected chi connectivity index (χ4v) is 2.66. The van der Waals surface area contributed by atoms with Crippen LogP contribution >= 0.6 is 27.5 Å².